The summed E-state index contributed by atoms with van der Waals surface area (Å²) >= 11 is 0. The molecule has 2 aromatic heterocycles. The van der Waals surface area contributed by atoms with E-state index < -0.39 is 24.3 Å². The van der Waals surface area contributed by atoms with Gasteiger partial charge in [0, 0.05) is 29.9 Å². The number of methoxy groups -OCH3 is 2. The molecule has 0 bridgehead atoms. The fraction of sp³-hybridized carbons (Fsp3) is 0.491. The van der Waals surface area contributed by atoms with Gasteiger partial charge in [-0.05, 0) is 90.7 Å². The molecule has 4 amide bonds. The third-order valence-electron chi connectivity index (χ3n) is 14.2. The maximum atomic E-state index is 13.8. The number of likely N-dealkylation sites (tertiary alicyclic amines) is 2. The molecule has 366 valence electrons. The van der Waals surface area contributed by atoms with Gasteiger partial charge in [0.15, 0.2) is 5.82 Å². The number of H-pyrrole nitrogens is 2. The SMILES string of the molecule is COC(=O)N[C@H](C(=O)N1CCC[C@H]1c1cc(-c2ccc([C@H]3CC[C@H](c4ccc(-c5n[nH]c([C@@H]6CCCN6C(=O)[C@@H](NC(=O)OC)C(C)C)n5)cc4)N3c3ccc(C(C)(C)C)cc3)cc2)n[nH]1)C(C)C. The predicted molar refractivity (Wildman–Crippen MR) is 264 cm³/mol. The van der Waals surface area contributed by atoms with Gasteiger partial charge in [-0.25, -0.2) is 14.6 Å². The van der Waals surface area contributed by atoms with Crippen molar-refractivity contribution in [3.63, 3.8) is 0 Å². The summed E-state index contributed by atoms with van der Waals surface area (Å²) in [6, 6.07) is 26.7. The number of nitrogens with zero attached hydrogens (tertiary/aromatic N) is 6. The lowest BCUT2D eigenvalue weighted by Crippen LogP contribution is -2.51. The topological polar surface area (TPSA) is 191 Å². The number of alkyl carbamates (subject to hydrolysis) is 2. The number of ether oxygens (including phenoxy) is 2. The first kappa shape index (κ1) is 48.7. The molecule has 4 N–H and O–H groups in total. The summed E-state index contributed by atoms with van der Waals surface area (Å²) in [6.07, 6.45) is 3.88. The van der Waals surface area contributed by atoms with Crippen molar-refractivity contribution in [3.05, 3.63) is 107 Å². The van der Waals surface area contributed by atoms with Gasteiger partial charge >= 0.3 is 12.2 Å². The number of aromatic amines is 2. The van der Waals surface area contributed by atoms with Crippen molar-refractivity contribution in [3.8, 4) is 22.6 Å². The van der Waals surface area contributed by atoms with Crippen molar-refractivity contribution < 1.29 is 28.7 Å². The number of nitrogens with one attached hydrogen (secondary N) is 4. The number of hydrogen-bond donors (Lipinski definition) is 4. The van der Waals surface area contributed by atoms with Crippen LogP contribution in [0.25, 0.3) is 22.6 Å². The maximum Gasteiger partial charge on any atom is 0.407 e. The van der Waals surface area contributed by atoms with Crippen LogP contribution in [0.1, 0.15) is 139 Å². The molecule has 5 heterocycles. The molecule has 3 aliphatic heterocycles. The van der Waals surface area contributed by atoms with Gasteiger partial charge in [0.25, 0.3) is 0 Å². The molecule has 0 radical (unpaired) electrons. The van der Waals surface area contributed by atoms with E-state index in [1.807, 2.05) is 38.7 Å². The molecule has 3 saturated heterocycles. The van der Waals surface area contributed by atoms with Crippen LogP contribution in [0.5, 0.6) is 0 Å². The average molecular weight is 941 g/mol. The van der Waals surface area contributed by atoms with Crippen molar-refractivity contribution in [2.24, 2.45) is 11.8 Å². The lowest BCUT2D eigenvalue weighted by Gasteiger charge is -2.34. The number of hydrogen-bond acceptors (Lipinski definition) is 10. The summed E-state index contributed by atoms with van der Waals surface area (Å²) in [5.74, 6) is 0.669. The first-order valence-corrected chi connectivity index (χ1v) is 24.4. The highest BCUT2D eigenvalue weighted by molar-refractivity contribution is 5.87. The van der Waals surface area contributed by atoms with Crippen molar-refractivity contribution in [2.45, 2.75) is 129 Å². The van der Waals surface area contributed by atoms with Crippen LogP contribution in [0.4, 0.5) is 15.3 Å². The van der Waals surface area contributed by atoms with E-state index in [9.17, 15) is 19.2 Å². The molecule has 5 aromatic rings. The Labute approximate surface area is 405 Å². The average Bonchev–Trinajstić information content (AvgIpc) is 4.21. The number of rotatable bonds is 13. The van der Waals surface area contributed by atoms with Gasteiger partial charge in [-0.3, -0.25) is 19.8 Å². The van der Waals surface area contributed by atoms with Gasteiger partial charge in [-0.15, -0.1) is 0 Å². The van der Waals surface area contributed by atoms with E-state index in [2.05, 4.69) is 124 Å². The Morgan fingerprint density at radius 2 is 1.14 bits per heavy atom. The number of aromatic nitrogens is 5. The standard InChI is InChI=1S/C53H68N10O6/c1-31(2)45(54-51(66)68-8)49(64)61-28-10-12-43(61)40-30-39(57-58-40)33-14-16-34(17-15-33)41-26-27-42(63(41)38-24-22-37(23-25-38)53(5,6)7)35-18-20-36(21-19-35)47-56-48(60-59-47)44-13-11-29-62(44)50(65)46(32(3)4)55-52(67)69-9/h14-25,30-32,41-46H,10-13,26-29H2,1-9H3,(H,54,66)(H,55,67)(H,57,58)(H,56,59,60)/t41-,42-,43+,44+,45+,46+/m1/s1. The van der Waals surface area contributed by atoms with Crippen LogP contribution in [0, 0.1) is 11.8 Å². The maximum absolute atomic E-state index is 13.8. The number of carbonyl (C=O) groups is 4. The highest BCUT2D eigenvalue weighted by atomic mass is 16.5. The molecule has 6 atom stereocenters. The van der Waals surface area contributed by atoms with Gasteiger partial charge < -0.3 is 34.8 Å². The summed E-state index contributed by atoms with van der Waals surface area (Å²) in [5, 5.41) is 21.1. The van der Waals surface area contributed by atoms with Crippen LogP contribution in [-0.2, 0) is 24.5 Å². The lowest BCUT2D eigenvalue weighted by molar-refractivity contribution is -0.136. The van der Waals surface area contributed by atoms with Crippen LogP contribution in [0.15, 0.2) is 78.9 Å². The monoisotopic (exact) mass is 941 g/mol. The summed E-state index contributed by atoms with van der Waals surface area (Å²) in [6.45, 7) is 15.5. The molecule has 0 spiro atoms. The first-order chi connectivity index (χ1) is 33.1. The Kier molecular flexibility index (Phi) is 14.5. The second-order valence-electron chi connectivity index (χ2n) is 20.4. The number of benzene rings is 3. The summed E-state index contributed by atoms with van der Waals surface area (Å²) in [7, 11) is 2.59. The fourth-order valence-corrected chi connectivity index (χ4v) is 10.3. The minimum absolute atomic E-state index is 0.0217. The molecular weight excluding hydrogens is 873 g/mol. The smallest absolute Gasteiger partial charge is 0.407 e. The summed E-state index contributed by atoms with van der Waals surface area (Å²) in [5.41, 5.74) is 8.41. The lowest BCUT2D eigenvalue weighted by atomic mass is 9.87. The van der Waals surface area contributed by atoms with E-state index in [-0.39, 0.29) is 53.2 Å². The Hall–Kier alpha value is -6.71. The highest BCUT2D eigenvalue weighted by Crippen LogP contribution is 2.48. The minimum atomic E-state index is -0.715. The van der Waals surface area contributed by atoms with Crippen LogP contribution in [0.3, 0.4) is 0 Å². The van der Waals surface area contributed by atoms with Crippen LogP contribution >= 0.6 is 0 Å². The highest BCUT2D eigenvalue weighted by Gasteiger charge is 2.40. The van der Waals surface area contributed by atoms with E-state index in [1.165, 1.54) is 30.9 Å². The molecule has 0 saturated carbocycles. The molecule has 3 aliphatic rings. The van der Waals surface area contributed by atoms with Crippen molar-refractivity contribution in [1.29, 1.82) is 0 Å². The number of carbonyl (C=O) groups excluding carboxylic acids is 4. The second kappa shape index (κ2) is 20.5. The molecular formula is C53H68N10O6. The molecule has 69 heavy (non-hydrogen) atoms. The number of anilines is 1. The van der Waals surface area contributed by atoms with Crippen molar-refractivity contribution >= 4 is 29.7 Å². The molecule has 0 unspecified atom stereocenters. The van der Waals surface area contributed by atoms with Gasteiger partial charge in [-0.2, -0.15) is 10.2 Å². The first-order valence-electron chi connectivity index (χ1n) is 24.4. The fourth-order valence-electron chi connectivity index (χ4n) is 10.3. The molecule has 0 aliphatic carbocycles. The Morgan fingerprint density at radius 3 is 1.65 bits per heavy atom. The van der Waals surface area contributed by atoms with Crippen LogP contribution < -0.4 is 15.5 Å². The van der Waals surface area contributed by atoms with Crippen LogP contribution in [0.2, 0.25) is 0 Å². The van der Waals surface area contributed by atoms with E-state index in [0.29, 0.717) is 24.7 Å². The molecule has 16 nitrogen and oxygen atoms in total. The predicted octanol–water partition coefficient (Wildman–Crippen LogP) is 9.33. The zero-order valence-electron chi connectivity index (χ0n) is 41.4. The van der Waals surface area contributed by atoms with E-state index in [0.717, 1.165) is 66.7 Å². The van der Waals surface area contributed by atoms with Crippen molar-refractivity contribution in [2.75, 3.05) is 32.2 Å². The molecule has 8 rings (SSSR count). The minimum Gasteiger partial charge on any atom is -0.453 e. The summed E-state index contributed by atoms with van der Waals surface area (Å²) < 4.78 is 9.61. The third-order valence-corrected chi connectivity index (χ3v) is 14.2. The Balaban J connectivity index is 1.00. The van der Waals surface area contributed by atoms with Crippen LogP contribution in [-0.4, -0.2) is 98.6 Å². The summed E-state index contributed by atoms with van der Waals surface area (Å²) in [4.78, 5) is 62.8. The Morgan fingerprint density at radius 1 is 0.638 bits per heavy atom. The zero-order valence-corrected chi connectivity index (χ0v) is 41.4. The largest absolute Gasteiger partial charge is 0.453 e. The van der Waals surface area contributed by atoms with Crippen molar-refractivity contribution in [1.82, 2.24) is 45.8 Å². The normalized spacial score (nSPS) is 20.4. The molecule has 3 aromatic carbocycles. The zero-order chi connectivity index (χ0) is 49.1. The van der Waals surface area contributed by atoms with E-state index in [4.69, 9.17) is 19.6 Å². The third kappa shape index (κ3) is 10.3. The second-order valence-corrected chi connectivity index (χ2v) is 20.4. The molecule has 3 fully saturated rings. The quantitative estimate of drug-likeness (QED) is 0.0885. The Bertz CT molecular complexity index is 2430. The van der Waals surface area contributed by atoms with E-state index in [1.54, 1.807) is 4.90 Å². The van der Waals surface area contributed by atoms with Gasteiger partial charge in [0.05, 0.1) is 49.8 Å². The molecule has 16 heteroatoms. The number of amides is 4. The van der Waals surface area contributed by atoms with Gasteiger partial charge in [-0.1, -0.05) is 109 Å². The van der Waals surface area contributed by atoms with E-state index >= 15 is 0 Å². The van der Waals surface area contributed by atoms with Gasteiger partial charge in [0.1, 0.15) is 17.9 Å². The van der Waals surface area contributed by atoms with Gasteiger partial charge in [0.2, 0.25) is 11.8 Å².